The second-order valence-electron chi connectivity index (χ2n) is 9.25. The number of ether oxygens (including phenoxy) is 1. The number of carboxylic acids is 1. The Morgan fingerprint density at radius 1 is 0.975 bits per heavy atom. The Morgan fingerprint density at radius 3 is 2.20 bits per heavy atom. The summed E-state index contributed by atoms with van der Waals surface area (Å²) < 4.78 is 7.67. The van der Waals surface area contributed by atoms with Crippen LogP contribution in [0.1, 0.15) is 38.3 Å². The highest BCUT2D eigenvalue weighted by Gasteiger charge is 2.29. The molecule has 0 atom stereocenters. The summed E-state index contributed by atoms with van der Waals surface area (Å²) >= 11 is 0. The lowest BCUT2D eigenvalue weighted by atomic mass is 10.0. The number of hydrazone groups is 1. The number of nitrogens with zero attached hydrogens (tertiary/aromatic N) is 4. The Balaban J connectivity index is 0.000000867. The number of carboxylic acid groups (broad SMARTS) is 1. The number of carbonyl (C=O) groups is 2. The molecule has 0 radical (unpaired) electrons. The number of amides is 1. The highest BCUT2D eigenvalue weighted by molar-refractivity contribution is 6.32. The molecular formula is C32H32N4O4. The minimum absolute atomic E-state index is 0.155. The van der Waals surface area contributed by atoms with Gasteiger partial charge in [-0.05, 0) is 74.4 Å². The van der Waals surface area contributed by atoms with Gasteiger partial charge >= 0.3 is 0 Å². The van der Waals surface area contributed by atoms with Crippen molar-refractivity contribution in [2.45, 2.75) is 34.1 Å². The van der Waals surface area contributed by atoms with Gasteiger partial charge in [-0.3, -0.25) is 9.59 Å². The molecule has 1 amide bonds. The number of rotatable bonds is 7. The van der Waals surface area contributed by atoms with Crippen LogP contribution in [0.4, 0.5) is 5.69 Å². The van der Waals surface area contributed by atoms with Crippen LogP contribution in [0.3, 0.4) is 0 Å². The van der Waals surface area contributed by atoms with E-state index in [9.17, 15) is 4.79 Å². The van der Waals surface area contributed by atoms with E-state index >= 15 is 0 Å². The molecule has 5 rings (SSSR count). The summed E-state index contributed by atoms with van der Waals surface area (Å²) in [5.74, 6) is -0.148. The molecule has 1 aromatic heterocycles. The van der Waals surface area contributed by atoms with Gasteiger partial charge in [-0.15, -0.1) is 0 Å². The summed E-state index contributed by atoms with van der Waals surface area (Å²) in [6.07, 6.45) is 4.81. The third kappa shape index (κ3) is 6.53. The second kappa shape index (κ2) is 12.7. The van der Waals surface area contributed by atoms with Crippen molar-refractivity contribution >= 4 is 29.4 Å². The van der Waals surface area contributed by atoms with E-state index in [1.54, 1.807) is 0 Å². The molecule has 0 aliphatic carbocycles. The number of benzene rings is 3. The first-order chi connectivity index (χ1) is 19.3. The topological polar surface area (TPSA) is 97.0 Å². The molecule has 4 aromatic rings. The number of aliphatic carboxylic acids is 1. The van der Waals surface area contributed by atoms with Crippen LogP contribution < -0.4 is 9.75 Å². The van der Waals surface area contributed by atoms with Crippen molar-refractivity contribution < 1.29 is 19.4 Å². The van der Waals surface area contributed by atoms with E-state index in [0.29, 0.717) is 17.9 Å². The molecule has 8 nitrogen and oxygen atoms in total. The third-order valence-electron chi connectivity index (χ3n) is 6.05. The van der Waals surface area contributed by atoms with Crippen molar-refractivity contribution in [3.63, 3.8) is 0 Å². The number of hydrogen-bond acceptors (Lipinski definition) is 5. The minimum atomic E-state index is -0.833. The van der Waals surface area contributed by atoms with E-state index in [4.69, 9.17) is 19.7 Å². The largest absolute Gasteiger partial charge is 0.494 e. The number of aryl methyl sites for hydroxylation is 1. The maximum atomic E-state index is 13.4. The van der Waals surface area contributed by atoms with Gasteiger partial charge in [0.25, 0.3) is 11.9 Å². The van der Waals surface area contributed by atoms with Gasteiger partial charge in [-0.25, -0.2) is 4.68 Å². The minimum Gasteiger partial charge on any atom is -0.494 e. The van der Waals surface area contributed by atoms with E-state index < -0.39 is 5.97 Å². The van der Waals surface area contributed by atoms with E-state index in [2.05, 4.69) is 18.9 Å². The zero-order valence-corrected chi connectivity index (χ0v) is 23.0. The van der Waals surface area contributed by atoms with Gasteiger partial charge in [0.2, 0.25) is 0 Å². The molecule has 204 valence electrons. The van der Waals surface area contributed by atoms with Crippen molar-refractivity contribution in [1.29, 1.82) is 0 Å². The van der Waals surface area contributed by atoms with Crippen LogP contribution in [-0.4, -0.2) is 39.1 Å². The number of anilines is 1. The van der Waals surface area contributed by atoms with Crippen molar-refractivity contribution in [3.8, 4) is 22.7 Å². The van der Waals surface area contributed by atoms with E-state index in [1.165, 1.54) is 5.01 Å². The lowest BCUT2D eigenvalue weighted by Gasteiger charge is -2.11. The van der Waals surface area contributed by atoms with E-state index in [-0.39, 0.29) is 5.91 Å². The fourth-order valence-electron chi connectivity index (χ4n) is 4.21. The predicted octanol–water partition coefficient (Wildman–Crippen LogP) is 6.53. The molecule has 1 N–H and O–H groups in total. The second-order valence-corrected chi connectivity index (χ2v) is 9.25. The average Bonchev–Trinajstić information content (AvgIpc) is 3.49. The Bertz CT molecular complexity index is 1550. The van der Waals surface area contributed by atoms with Gasteiger partial charge in [-0.2, -0.15) is 15.2 Å². The molecule has 3 aromatic carbocycles. The molecule has 0 bridgehead atoms. The molecule has 1 aliphatic rings. The Kier molecular flexibility index (Phi) is 8.91. The monoisotopic (exact) mass is 536 g/mol. The fraction of sp³-hybridized carbons (Fsp3) is 0.188. The molecule has 8 heteroatoms. The summed E-state index contributed by atoms with van der Waals surface area (Å²) in [7, 11) is 0. The summed E-state index contributed by atoms with van der Waals surface area (Å²) in [5.41, 5.74) is 6.58. The number of aromatic nitrogens is 2. The maximum Gasteiger partial charge on any atom is 0.300 e. The molecule has 0 saturated heterocycles. The molecule has 0 fully saturated rings. The van der Waals surface area contributed by atoms with Gasteiger partial charge in [0.05, 0.1) is 29.3 Å². The molecule has 0 saturated carbocycles. The molecule has 1 aliphatic heterocycles. The van der Waals surface area contributed by atoms with Crippen molar-refractivity contribution in [1.82, 2.24) is 9.78 Å². The number of hydrogen-bond donors (Lipinski definition) is 1. The number of carbonyl (C=O) groups excluding carboxylic acids is 1. The zero-order chi connectivity index (χ0) is 28.6. The number of para-hydroxylation sites is 2. The summed E-state index contributed by atoms with van der Waals surface area (Å²) in [5, 5.41) is 18.3. The van der Waals surface area contributed by atoms with Crippen LogP contribution >= 0.6 is 0 Å². The quantitative estimate of drug-likeness (QED) is 0.271. The average molecular weight is 537 g/mol. The summed E-state index contributed by atoms with van der Waals surface area (Å²) in [6, 6.07) is 25.5. The summed E-state index contributed by atoms with van der Waals surface area (Å²) in [6.45, 7) is 7.76. The maximum absolute atomic E-state index is 13.4. The molecule has 0 unspecified atom stereocenters. The van der Waals surface area contributed by atoms with Crippen LogP contribution in [-0.2, 0) is 9.59 Å². The van der Waals surface area contributed by atoms with Gasteiger partial charge in [0.1, 0.15) is 11.4 Å². The van der Waals surface area contributed by atoms with Gasteiger partial charge in [0, 0.05) is 24.2 Å². The standard InChI is InChI=1S/C30H28N4O2.C2H4O2/c1-4-17-36-26-15-16-27(21(2)18-26)29-23(20-33(32-29)24-11-7-5-8-12-24)19-28-22(3)31-34(30(28)35)25-13-9-6-10-14-25;1-2(3)4/h5-16,18-20H,4,17H2,1-3H3;1H3,(H,3,4)/b28-19-;. The predicted molar refractivity (Wildman–Crippen MR) is 158 cm³/mol. The van der Waals surface area contributed by atoms with Crippen molar-refractivity contribution in [3.05, 3.63) is 102 Å². The SMILES string of the molecule is CC(=O)O.CCCOc1ccc(-c2nn(-c3ccccc3)cc2/C=C2\C(=O)N(c3ccccc3)N=C2C)c(C)c1. The fourth-order valence-corrected chi connectivity index (χ4v) is 4.21. The third-order valence-corrected chi connectivity index (χ3v) is 6.05. The highest BCUT2D eigenvalue weighted by atomic mass is 16.5. The smallest absolute Gasteiger partial charge is 0.300 e. The van der Waals surface area contributed by atoms with Gasteiger partial charge < -0.3 is 9.84 Å². The highest BCUT2D eigenvalue weighted by Crippen LogP contribution is 2.32. The molecule has 2 heterocycles. The Morgan fingerprint density at radius 2 is 1.60 bits per heavy atom. The zero-order valence-electron chi connectivity index (χ0n) is 23.0. The molecule has 0 spiro atoms. The van der Waals surface area contributed by atoms with Crippen molar-refractivity contribution in [2.24, 2.45) is 5.10 Å². The van der Waals surface area contributed by atoms with Crippen LogP contribution in [0.15, 0.2) is 95.7 Å². The first-order valence-corrected chi connectivity index (χ1v) is 13.0. The van der Waals surface area contributed by atoms with Crippen LogP contribution in [0.2, 0.25) is 0 Å². The van der Waals surface area contributed by atoms with Crippen molar-refractivity contribution in [2.75, 3.05) is 11.6 Å². The van der Waals surface area contributed by atoms with Crippen LogP contribution in [0.25, 0.3) is 23.0 Å². The first kappa shape index (κ1) is 28.0. The summed E-state index contributed by atoms with van der Waals surface area (Å²) in [4.78, 5) is 22.4. The Hall–Kier alpha value is -4.98. The van der Waals surface area contributed by atoms with Crippen LogP contribution in [0, 0.1) is 6.92 Å². The molecule has 40 heavy (non-hydrogen) atoms. The lowest BCUT2D eigenvalue weighted by molar-refractivity contribution is -0.134. The van der Waals surface area contributed by atoms with E-state index in [0.717, 1.165) is 52.9 Å². The Labute approximate surface area is 233 Å². The molecular weight excluding hydrogens is 504 g/mol. The van der Waals surface area contributed by atoms with E-state index in [1.807, 2.05) is 103 Å². The first-order valence-electron chi connectivity index (χ1n) is 13.0. The van der Waals surface area contributed by atoms with Gasteiger partial charge in [0.15, 0.2) is 0 Å². The normalized spacial score (nSPS) is 13.6. The van der Waals surface area contributed by atoms with Gasteiger partial charge in [-0.1, -0.05) is 43.3 Å². The van der Waals surface area contributed by atoms with Crippen LogP contribution in [0.5, 0.6) is 5.75 Å². The lowest BCUT2D eigenvalue weighted by Crippen LogP contribution is -2.21.